The molecule has 2 aromatic carbocycles. The number of rotatable bonds is 6. The molecule has 0 saturated carbocycles. The fraction of sp³-hybridized carbons (Fsp3) is 0.464. The number of hydrogen-bond donors (Lipinski definition) is 0. The molecule has 35 heavy (non-hydrogen) atoms. The summed E-state index contributed by atoms with van der Waals surface area (Å²) in [6.07, 6.45) is 3.17. The number of hydrogen-bond acceptors (Lipinski definition) is 5. The van der Waals surface area contributed by atoms with Gasteiger partial charge in [0.05, 0.1) is 19.6 Å². The Morgan fingerprint density at radius 3 is 2.29 bits per heavy atom. The van der Waals surface area contributed by atoms with Crippen molar-refractivity contribution in [2.24, 2.45) is 5.92 Å². The standard InChI is InChI=1S/C28H34N2O5/c1-3-35-28(33)21-13-16-29(17-14-21)27(32)23-7-4-6-22(18-23)24-8-5-15-30(19-24)26(31)20-9-11-25(34-2)12-10-20/h4,6-7,9-12,18,21,24H,3,5,8,13-17,19H2,1-2H3/t24-/m0/s1. The monoisotopic (exact) mass is 478 g/mol. The maximum Gasteiger partial charge on any atom is 0.309 e. The Hall–Kier alpha value is -3.35. The Bertz CT molecular complexity index is 1040. The Labute approximate surface area is 207 Å². The number of nitrogens with zero attached hydrogens (tertiary/aromatic N) is 2. The lowest BCUT2D eigenvalue weighted by Crippen LogP contribution is -2.41. The van der Waals surface area contributed by atoms with Gasteiger partial charge in [-0.05, 0) is 74.6 Å². The van der Waals surface area contributed by atoms with E-state index in [0.29, 0.717) is 50.2 Å². The minimum atomic E-state index is -0.160. The van der Waals surface area contributed by atoms with Crippen molar-refractivity contribution in [1.82, 2.24) is 9.80 Å². The first-order valence-corrected chi connectivity index (χ1v) is 12.5. The largest absolute Gasteiger partial charge is 0.497 e. The molecule has 0 N–H and O–H groups in total. The lowest BCUT2D eigenvalue weighted by atomic mass is 9.89. The second-order valence-corrected chi connectivity index (χ2v) is 9.26. The van der Waals surface area contributed by atoms with Crippen LogP contribution in [0.1, 0.15) is 64.8 Å². The minimum absolute atomic E-state index is 0.00358. The minimum Gasteiger partial charge on any atom is -0.497 e. The highest BCUT2D eigenvalue weighted by Crippen LogP contribution is 2.29. The van der Waals surface area contributed by atoms with E-state index in [4.69, 9.17) is 9.47 Å². The molecule has 2 saturated heterocycles. The molecule has 186 valence electrons. The SMILES string of the molecule is CCOC(=O)C1CCN(C(=O)c2cccc([C@H]3CCCN(C(=O)c4ccc(OC)cc4)C3)c2)CC1. The predicted octanol–water partition coefficient (Wildman–Crippen LogP) is 4.13. The van der Waals surface area contributed by atoms with Gasteiger partial charge in [0.25, 0.3) is 11.8 Å². The lowest BCUT2D eigenvalue weighted by molar-refractivity contribution is -0.149. The summed E-state index contributed by atoms with van der Waals surface area (Å²) in [6, 6.07) is 15.0. The average molecular weight is 479 g/mol. The van der Waals surface area contributed by atoms with Gasteiger partial charge in [-0.15, -0.1) is 0 Å². The number of piperidine rings is 2. The molecule has 0 aromatic heterocycles. The van der Waals surface area contributed by atoms with Crippen molar-refractivity contribution in [3.8, 4) is 5.75 Å². The van der Waals surface area contributed by atoms with Crippen LogP contribution in [0.3, 0.4) is 0 Å². The zero-order chi connectivity index (χ0) is 24.8. The van der Waals surface area contributed by atoms with Gasteiger partial charge in [-0.1, -0.05) is 12.1 Å². The molecule has 0 unspecified atom stereocenters. The number of amides is 2. The molecule has 2 fully saturated rings. The van der Waals surface area contributed by atoms with E-state index >= 15 is 0 Å². The summed E-state index contributed by atoms with van der Waals surface area (Å²) < 4.78 is 10.3. The number of carbonyl (C=O) groups is 3. The van der Waals surface area contributed by atoms with Gasteiger partial charge in [-0.25, -0.2) is 0 Å². The third-order valence-corrected chi connectivity index (χ3v) is 7.05. The highest BCUT2D eigenvalue weighted by Gasteiger charge is 2.30. The lowest BCUT2D eigenvalue weighted by Gasteiger charge is -2.34. The maximum atomic E-state index is 13.2. The van der Waals surface area contributed by atoms with Crippen molar-refractivity contribution >= 4 is 17.8 Å². The van der Waals surface area contributed by atoms with E-state index in [0.717, 1.165) is 30.7 Å². The summed E-state index contributed by atoms with van der Waals surface area (Å²) in [5.74, 6) is 0.650. The fourth-order valence-corrected chi connectivity index (χ4v) is 5.04. The van der Waals surface area contributed by atoms with E-state index in [1.165, 1.54) is 0 Å². The molecule has 0 aliphatic carbocycles. The number of carbonyl (C=O) groups excluding carboxylic acids is 3. The first-order valence-electron chi connectivity index (χ1n) is 12.5. The van der Waals surface area contributed by atoms with Gasteiger partial charge in [-0.2, -0.15) is 0 Å². The first kappa shape index (κ1) is 24.8. The molecule has 2 aliphatic rings. The van der Waals surface area contributed by atoms with Crippen LogP contribution in [0.2, 0.25) is 0 Å². The van der Waals surface area contributed by atoms with E-state index in [-0.39, 0.29) is 29.6 Å². The van der Waals surface area contributed by atoms with Crippen LogP contribution < -0.4 is 4.74 Å². The summed E-state index contributed by atoms with van der Waals surface area (Å²) in [7, 11) is 1.61. The molecular weight excluding hydrogens is 444 g/mol. The van der Waals surface area contributed by atoms with E-state index in [9.17, 15) is 14.4 Å². The van der Waals surface area contributed by atoms with Crippen molar-refractivity contribution in [3.63, 3.8) is 0 Å². The molecule has 2 amide bonds. The van der Waals surface area contributed by atoms with Gasteiger partial charge >= 0.3 is 5.97 Å². The Morgan fingerprint density at radius 2 is 1.60 bits per heavy atom. The predicted molar refractivity (Wildman–Crippen MR) is 133 cm³/mol. The third-order valence-electron chi connectivity index (χ3n) is 7.05. The molecule has 2 heterocycles. The van der Waals surface area contributed by atoms with Crippen LogP contribution in [0, 0.1) is 5.92 Å². The van der Waals surface area contributed by atoms with E-state index < -0.39 is 0 Å². The number of likely N-dealkylation sites (tertiary alicyclic amines) is 2. The molecule has 7 heteroatoms. The number of methoxy groups -OCH3 is 1. The van der Waals surface area contributed by atoms with E-state index in [1.54, 1.807) is 31.4 Å². The summed E-state index contributed by atoms with van der Waals surface area (Å²) >= 11 is 0. The summed E-state index contributed by atoms with van der Waals surface area (Å²) in [4.78, 5) is 42.0. The van der Waals surface area contributed by atoms with Gasteiger partial charge in [0, 0.05) is 43.2 Å². The Balaban J connectivity index is 1.39. The van der Waals surface area contributed by atoms with Gasteiger partial charge in [0.2, 0.25) is 0 Å². The van der Waals surface area contributed by atoms with E-state index in [2.05, 4.69) is 6.07 Å². The molecule has 0 radical (unpaired) electrons. The van der Waals surface area contributed by atoms with Crippen LogP contribution in [0.4, 0.5) is 0 Å². The molecule has 4 rings (SSSR count). The zero-order valence-electron chi connectivity index (χ0n) is 20.6. The molecular formula is C28H34N2O5. The van der Waals surface area contributed by atoms with Gasteiger partial charge in [-0.3, -0.25) is 14.4 Å². The summed E-state index contributed by atoms with van der Waals surface area (Å²) in [5, 5.41) is 0. The number of benzene rings is 2. The highest BCUT2D eigenvalue weighted by molar-refractivity contribution is 5.95. The van der Waals surface area contributed by atoms with Crippen molar-refractivity contribution in [3.05, 3.63) is 65.2 Å². The van der Waals surface area contributed by atoms with Crippen molar-refractivity contribution < 1.29 is 23.9 Å². The summed E-state index contributed by atoms with van der Waals surface area (Å²) in [6.45, 7) is 4.67. The van der Waals surface area contributed by atoms with Crippen LogP contribution in [0.25, 0.3) is 0 Å². The normalized spacial score (nSPS) is 18.7. The van der Waals surface area contributed by atoms with Gasteiger partial charge in [0.1, 0.15) is 5.75 Å². The Morgan fingerprint density at radius 1 is 0.886 bits per heavy atom. The summed E-state index contributed by atoms with van der Waals surface area (Å²) in [5.41, 5.74) is 2.40. The van der Waals surface area contributed by atoms with Gasteiger partial charge < -0.3 is 19.3 Å². The van der Waals surface area contributed by atoms with Crippen LogP contribution >= 0.6 is 0 Å². The molecule has 2 aromatic rings. The average Bonchev–Trinajstić information content (AvgIpc) is 2.92. The third kappa shape index (κ3) is 5.84. The highest BCUT2D eigenvalue weighted by atomic mass is 16.5. The van der Waals surface area contributed by atoms with Crippen LogP contribution in [0.5, 0.6) is 5.75 Å². The second-order valence-electron chi connectivity index (χ2n) is 9.26. The van der Waals surface area contributed by atoms with Crippen LogP contribution in [0.15, 0.2) is 48.5 Å². The topological polar surface area (TPSA) is 76.2 Å². The molecule has 1 atom stereocenters. The van der Waals surface area contributed by atoms with Gasteiger partial charge in [0.15, 0.2) is 0 Å². The maximum absolute atomic E-state index is 13.2. The smallest absolute Gasteiger partial charge is 0.309 e. The Kier molecular flexibility index (Phi) is 8.06. The number of esters is 1. The molecule has 0 spiro atoms. The number of ether oxygens (including phenoxy) is 2. The van der Waals surface area contributed by atoms with Crippen molar-refractivity contribution in [2.45, 2.75) is 38.5 Å². The fourth-order valence-electron chi connectivity index (χ4n) is 5.04. The van der Waals surface area contributed by atoms with Crippen LogP contribution in [-0.4, -0.2) is 67.5 Å². The molecule has 7 nitrogen and oxygen atoms in total. The van der Waals surface area contributed by atoms with Crippen molar-refractivity contribution in [2.75, 3.05) is 39.9 Å². The molecule has 0 bridgehead atoms. The first-order chi connectivity index (χ1) is 17.0. The van der Waals surface area contributed by atoms with Crippen molar-refractivity contribution in [1.29, 1.82) is 0 Å². The van der Waals surface area contributed by atoms with E-state index in [1.807, 2.05) is 34.9 Å². The zero-order valence-corrected chi connectivity index (χ0v) is 20.6. The molecule has 2 aliphatic heterocycles. The van der Waals surface area contributed by atoms with Crippen LogP contribution in [-0.2, 0) is 9.53 Å². The second kappa shape index (κ2) is 11.4. The quantitative estimate of drug-likeness (QED) is 0.584.